The second kappa shape index (κ2) is 5.36. The number of nitrogen functional groups attached to an aromatic ring is 1. The molecule has 2 aromatic rings. The Morgan fingerprint density at radius 1 is 1.30 bits per heavy atom. The molecular weight excluding hydrogens is 250 g/mol. The molecule has 0 aliphatic carbocycles. The van der Waals surface area contributed by atoms with E-state index in [0.717, 1.165) is 37.6 Å². The number of rotatable bonds is 4. The molecule has 0 bridgehead atoms. The lowest BCUT2D eigenvalue weighted by molar-refractivity contribution is 0.949. The first-order valence-electron chi connectivity index (χ1n) is 7.01. The summed E-state index contributed by atoms with van der Waals surface area (Å²) in [5, 5.41) is 3.25. The fourth-order valence-electron chi connectivity index (χ4n) is 2.54. The number of hydrogen-bond donors (Lipinski definition) is 2. The van der Waals surface area contributed by atoms with Crippen LogP contribution in [-0.2, 0) is 6.42 Å². The minimum absolute atomic E-state index is 0.623. The number of nitrogens with two attached hydrogens (primary N) is 1. The SMILES string of the molecule is CCCNc1ncnc(N2CCc3ccccc32)c1N. The average molecular weight is 269 g/mol. The van der Waals surface area contributed by atoms with Crippen LogP contribution in [0.4, 0.5) is 23.0 Å². The lowest BCUT2D eigenvalue weighted by atomic mass is 10.2. The number of anilines is 4. The van der Waals surface area contributed by atoms with Gasteiger partial charge >= 0.3 is 0 Å². The van der Waals surface area contributed by atoms with Gasteiger partial charge in [0, 0.05) is 18.8 Å². The molecule has 1 aliphatic heterocycles. The van der Waals surface area contributed by atoms with Gasteiger partial charge in [-0.25, -0.2) is 9.97 Å². The molecule has 2 heterocycles. The number of benzene rings is 1. The van der Waals surface area contributed by atoms with Gasteiger partial charge in [-0.1, -0.05) is 25.1 Å². The fourth-order valence-corrected chi connectivity index (χ4v) is 2.54. The van der Waals surface area contributed by atoms with E-state index in [1.165, 1.54) is 11.3 Å². The van der Waals surface area contributed by atoms with E-state index in [0.29, 0.717) is 5.69 Å². The van der Waals surface area contributed by atoms with Crippen molar-refractivity contribution in [3.63, 3.8) is 0 Å². The first-order valence-corrected chi connectivity index (χ1v) is 7.01. The van der Waals surface area contributed by atoms with Crippen molar-refractivity contribution in [2.45, 2.75) is 19.8 Å². The first kappa shape index (κ1) is 12.7. The lowest BCUT2D eigenvalue weighted by Gasteiger charge is -2.21. The van der Waals surface area contributed by atoms with Gasteiger partial charge in [0.2, 0.25) is 0 Å². The maximum absolute atomic E-state index is 6.23. The smallest absolute Gasteiger partial charge is 0.161 e. The van der Waals surface area contributed by atoms with Gasteiger partial charge in [0.05, 0.1) is 0 Å². The van der Waals surface area contributed by atoms with E-state index in [1.807, 2.05) is 6.07 Å². The predicted octanol–water partition coefficient (Wildman–Crippen LogP) is 2.57. The Morgan fingerprint density at radius 3 is 3.00 bits per heavy atom. The summed E-state index contributed by atoms with van der Waals surface area (Å²) >= 11 is 0. The quantitative estimate of drug-likeness (QED) is 0.893. The van der Waals surface area contributed by atoms with Crippen molar-refractivity contribution in [3.05, 3.63) is 36.2 Å². The molecule has 0 radical (unpaired) electrons. The standard InChI is InChI=1S/C15H19N5/c1-2-8-17-14-13(16)15(19-10-18-14)20-9-7-11-5-3-4-6-12(11)20/h3-6,10H,2,7-9,16H2,1H3,(H,17,18,19). The minimum Gasteiger partial charge on any atom is -0.393 e. The molecule has 3 N–H and O–H groups in total. The third-order valence-electron chi connectivity index (χ3n) is 3.55. The molecular formula is C15H19N5. The summed E-state index contributed by atoms with van der Waals surface area (Å²) in [6.45, 7) is 3.88. The highest BCUT2D eigenvalue weighted by atomic mass is 15.2. The van der Waals surface area contributed by atoms with E-state index in [1.54, 1.807) is 6.33 Å². The Morgan fingerprint density at radius 2 is 2.15 bits per heavy atom. The molecule has 1 aromatic heterocycles. The number of nitrogens with zero attached hydrogens (tertiary/aromatic N) is 3. The third kappa shape index (κ3) is 2.15. The summed E-state index contributed by atoms with van der Waals surface area (Å²) in [6.07, 6.45) is 3.63. The summed E-state index contributed by atoms with van der Waals surface area (Å²) in [6, 6.07) is 8.39. The predicted molar refractivity (Wildman–Crippen MR) is 82.4 cm³/mol. The highest BCUT2D eigenvalue weighted by Crippen LogP contribution is 2.37. The largest absolute Gasteiger partial charge is 0.393 e. The van der Waals surface area contributed by atoms with Gasteiger partial charge in [0.25, 0.3) is 0 Å². The Hall–Kier alpha value is -2.30. The summed E-state index contributed by atoms with van der Waals surface area (Å²) < 4.78 is 0. The Kier molecular flexibility index (Phi) is 3.41. The second-order valence-electron chi connectivity index (χ2n) is 4.92. The van der Waals surface area contributed by atoms with Gasteiger partial charge in [-0.05, 0) is 24.5 Å². The summed E-state index contributed by atoms with van der Waals surface area (Å²) in [5.41, 5.74) is 9.39. The van der Waals surface area contributed by atoms with E-state index in [2.05, 4.69) is 45.3 Å². The van der Waals surface area contributed by atoms with Crippen molar-refractivity contribution in [1.82, 2.24) is 9.97 Å². The van der Waals surface area contributed by atoms with Crippen LogP contribution in [0.3, 0.4) is 0 Å². The van der Waals surface area contributed by atoms with E-state index >= 15 is 0 Å². The molecule has 0 amide bonds. The number of nitrogens with one attached hydrogen (secondary N) is 1. The molecule has 0 saturated heterocycles. The average Bonchev–Trinajstić information content (AvgIpc) is 2.90. The summed E-state index contributed by atoms with van der Waals surface area (Å²) in [7, 11) is 0. The van der Waals surface area contributed by atoms with Crippen LogP contribution in [0.5, 0.6) is 0 Å². The van der Waals surface area contributed by atoms with Gasteiger partial charge in [-0.3, -0.25) is 0 Å². The fraction of sp³-hybridized carbons (Fsp3) is 0.333. The molecule has 5 nitrogen and oxygen atoms in total. The normalized spacial score (nSPS) is 13.3. The van der Waals surface area contributed by atoms with Gasteiger partial charge < -0.3 is 16.0 Å². The maximum Gasteiger partial charge on any atom is 0.161 e. The number of hydrogen-bond acceptors (Lipinski definition) is 5. The van der Waals surface area contributed by atoms with Gasteiger partial charge in [-0.2, -0.15) is 0 Å². The van der Waals surface area contributed by atoms with Gasteiger partial charge in [-0.15, -0.1) is 0 Å². The highest BCUT2D eigenvalue weighted by Gasteiger charge is 2.23. The summed E-state index contributed by atoms with van der Waals surface area (Å²) in [5.74, 6) is 1.52. The van der Waals surface area contributed by atoms with Gasteiger partial charge in [0.15, 0.2) is 11.6 Å². The molecule has 20 heavy (non-hydrogen) atoms. The Balaban J connectivity index is 1.96. The van der Waals surface area contributed by atoms with Crippen LogP contribution >= 0.6 is 0 Å². The number of aromatic nitrogens is 2. The molecule has 104 valence electrons. The zero-order valence-electron chi connectivity index (χ0n) is 11.6. The molecule has 1 aromatic carbocycles. The van der Waals surface area contributed by atoms with Crippen LogP contribution in [0.25, 0.3) is 0 Å². The number of para-hydroxylation sites is 1. The molecule has 1 aliphatic rings. The van der Waals surface area contributed by atoms with Crippen molar-refractivity contribution >= 4 is 23.0 Å². The monoisotopic (exact) mass is 269 g/mol. The number of fused-ring (bicyclic) bond motifs is 1. The van der Waals surface area contributed by atoms with Crippen molar-refractivity contribution in [1.29, 1.82) is 0 Å². The zero-order valence-corrected chi connectivity index (χ0v) is 11.6. The molecule has 0 fully saturated rings. The van der Waals surface area contributed by atoms with E-state index < -0.39 is 0 Å². The van der Waals surface area contributed by atoms with Gasteiger partial charge in [0.1, 0.15) is 12.0 Å². The van der Waals surface area contributed by atoms with Crippen molar-refractivity contribution < 1.29 is 0 Å². The van der Waals surface area contributed by atoms with Crippen LogP contribution in [0.15, 0.2) is 30.6 Å². The zero-order chi connectivity index (χ0) is 13.9. The topological polar surface area (TPSA) is 67.1 Å². The van der Waals surface area contributed by atoms with Crippen molar-refractivity contribution in [2.75, 3.05) is 29.0 Å². The van der Waals surface area contributed by atoms with Crippen molar-refractivity contribution in [2.24, 2.45) is 0 Å². The molecule has 0 atom stereocenters. The Bertz CT molecular complexity index is 611. The lowest BCUT2D eigenvalue weighted by Crippen LogP contribution is -2.18. The van der Waals surface area contributed by atoms with Crippen LogP contribution in [0.2, 0.25) is 0 Å². The van der Waals surface area contributed by atoms with Crippen molar-refractivity contribution in [3.8, 4) is 0 Å². The third-order valence-corrected chi connectivity index (χ3v) is 3.55. The second-order valence-corrected chi connectivity index (χ2v) is 4.92. The molecule has 0 saturated carbocycles. The van der Waals surface area contributed by atoms with E-state index in [4.69, 9.17) is 5.73 Å². The van der Waals surface area contributed by atoms with E-state index in [-0.39, 0.29) is 0 Å². The van der Waals surface area contributed by atoms with Crippen LogP contribution in [-0.4, -0.2) is 23.1 Å². The molecule has 3 rings (SSSR count). The maximum atomic E-state index is 6.23. The molecule has 0 spiro atoms. The first-order chi connectivity index (χ1) is 9.81. The van der Waals surface area contributed by atoms with Crippen LogP contribution < -0.4 is 16.0 Å². The Labute approximate surface area is 118 Å². The van der Waals surface area contributed by atoms with E-state index in [9.17, 15) is 0 Å². The minimum atomic E-state index is 0.623. The summed E-state index contributed by atoms with van der Waals surface area (Å²) in [4.78, 5) is 10.8. The highest BCUT2D eigenvalue weighted by molar-refractivity contribution is 5.81. The van der Waals surface area contributed by atoms with Crippen LogP contribution in [0.1, 0.15) is 18.9 Å². The molecule has 0 unspecified atom stereocenters. The molecule has 5 heteroatoms. The van der Waals surface area contributed by atoms with Crippen LogP contribution in [0, 0.1) is 0 Å².